The molecular weight excluding hydrogens is 338 g/mol. The molecular formula is C19H23NO4S. The first-order valence-corrected chi connectivity index (χ1v) is 9.62. The van der Waals surface area contributed by atoms with Crippen LogP contribution in [0.25, 0.3) is 0 Å². The highest BCUT2D eigenvalue weighted by molar-refractivity contribution is 7.92. The predicted octanol–water partition coefficient (Wildman–Crippen LogP) is 3.62. The summed E-state index contributed by atoms with van der Waals surface area (Å²) in [5.74, 6) is 1.27. The summed E-state index contributed by atoms with van der Waals surface area (Å²) in [6.45, 7) is 4.08. The molecule has 0 unspecified atom stereocenters. The second-order valence-electron chi connectivity index (χ2n) is 6.78. The molecule has 0 bridgehead atoms. The molecule has 25 heavy (non-hydrogen) atoms. The van der Waals surface area contributed by atoms with E-state index in [2.05, 4.69) is 0 Å². The molecule has 1 aliphatic heterocycles. The van der Waals surface area contributed by atoms with Crippen LogP contribution in [-0.4, -0.2) is 28.2 Å². The Labute approximate surface area is 149 Å². The summed E-state index contributed by atoms with van der Waals surface area (Å²) in [6.07, 6.45) is 1.65. The van der Waals surface area contributed by atoms with E-state index in [1.807, 2.05) is 13.8 Å². The molecule has 0 saturated carbocycles. The van der Waals surface area contributed by atoms with Crippen molar-refractivity contribution in [3.05, 3.63) is 48.0 Å². The van der Waals surface area contributed by atoms with Crippen LogP contribution in [0, 0.1) is 0 Å². The van der Waals surface area contributed by atoms with Gasteiger partial charge in [-0.2, -0.15) is 0 Å². The van der Waals surface area contributed by atoms with Crippen LogP contribution in [0.15, 0.2) is 47.4 Å². The van der Waals surface area contributed by atoms with Crippen LogP contribution in [0.4, 0.5) is 5.69 Å². The van der Waals surface area contributed by atoms with Crippen molar-refractivity contribution in [2.45, 2.75) is 37.2 Å². The van der Waals surface area contributed by atoms with Crippen LogP contribution >= 0.6 is 0 Å². The second kappa shape index (κ2) is 6.26. The molecule has 134 valence electrons. The Balaban J connectivity index is 1.98. The van der Waals surface area contributed by atoms with Crippen molar-refractivity contribution in [3.63, 3.8) is 0 Å². The lowest BCUT2D eigenvalue weighted by molar-refractivity contribution is 0.0845. The topological polar surface area (TPSA) is 55.8 Å². The number of sulfonamides is 1. The summed E-state index contributed by atoms with van der Waals surface area (Å²) in [6, 6.07) is 12.1. The minimum Gasteiger partial charge on any atom is -0.495 e. The number of ether oxygens (including phenoxy) is 2. The number of nitrogens with zero attached hydrogens (tertiary/aromatic N) is 1. The second-order valence-corrected chi connectivity index (χ2v) is 8.74. The lowest BCUT2D eigenvalue weighted by Gasteiger charge is -2.33. The van der Waals surface area contributed by atoms with Gasteiger partial charge in [-0.15, -0.1) is 0 Å². The molecule has 1 aliphatic rings. The fraction of sp³-hybridized carbons (Fsp3) is 0.368. The fourth-order valence-electron chi connectivity index (χ4n) is 2.97. The summed E-state index contributed by atoms with van der Waals surface area (Å²) in [4.78, 5) is 0.253. The highest BCUT2D eigenvalue weighted by Crippen LogP contribution is 2.36. The number of anilines is 1. The SMILES string of the molecule is COc1ccccc1N(C)S(=O)(=O)c1ccc2c(c1)CCC(C)(C)O2. The van der Waals surface area contributed by atoms with Crippen molar-refractivity contribution in [1.82, 2.24) is 0 Å². The Morgan fingerprint density at radius 3 is 2.60 bits per heavy atom. The third-order valence-corrected chi connectivity index (χ3v) is 6.26. The number of rotatable bonds is 4. The van der Waals surface area contributed by atoms with Crippen LogP contribution in [0.2, 0.25) is 0 Å². The molecule has 2 aromatic carbocycles. The highest BCUT2D eigenvalue weighted by atomic mass is 32.2. The van der Waals surface area contributed by atoms with E-state index in [1.165, 1.54) is 18.5 Å². The standard InChI is InChI=1S/C19H23NO4S/c1-19(2)12-11-14-13-15(9-10-17(14)24-19)25(21,22)20(3)16-7-5-6-8-18(16)23-4/h5-10,13H,11-12H2,1-4H3. The van der Waals surface area contributed by atoms with Gasteiger partial charge in [-0.05, 0) is 62.6 Å². The maximum atomic E-state index is 13.0. The lowest BCUT2D eigenvalue weighted by atomic mass is 9.94. The van der Waals surface area contributed by atoms with E-state index in [9.17, 15) is 8.42 Å². The van der Waals surface area contributed by atoms with Gasteiger partial charge in [-0.1, -0.05) is 12.1 Å². The van der Waals surface area contributed by atoms with Crippen LogP contribution in [0.1, 0.15) is 25.8 Å². The van der Waals surface area contributed by atoms with Crippen LogP contribution < -0.4 is 13.8 Å². The number of fused-ring (bicyclic) bond motifs is 1. The minimum absolute atomic E-state index is 0.221. The molecule has 0 fully saturated rings. The quantitative estimate of drug-likeness (QED) is 0.834. The Kier molecular flexibility index (Phi) is 4.41. The van der Waals surface area contributed by atoms with Gasteiger partial charge in [-0.3, -0.25) is 4.31 Å². The number of methoxy groups -OCH3 is 1. The van der Waals surface area contributed by atoms with E-state index in [4.69, 9.17) is 9.47 Å². The van der Waals surface area contributed by atoms with Crippen LogP contribution in [-0.2, 0) is 16.4 Å². The van der Waals surface area contributed by atoms with Gasteiger partial charge in [-0.25, -0.2) is 8.42 Å². The minimum atomic E-state index is -3.69. The molecule has 5 nitrogen and oxygen atoms in total. The summed E-state index contributed by atoms with van der Waals surface area (Å²) in [5.41, 5.74) is 1.20. The molecule has 0 amide bonds. The van der Waals surface area contributed by atoms with Gasteiger partial charge in [0, 0.05) is 7.05 Å². The molecule has 3 rings (SSSR count). The van der Waals surface area contributed by atoms with E-state index in [1.54, 1.807) is 42.5 Å². The van der Waals surface area contributed by atoms with Gasteiger partial charge >= 0.3 is 0 Å². The molecule has 0 spiro atoms. The van der Waals surface area contributed by atoms with E-state index in [0.29, 0.717) is 11.4 Å². The zero-order valence-electron chi connectivity index (χ0n) is 14.9. The van der Waals surface area contributed by atoms with E-state index < -0.39 is 10.0 Å². The van der Waals surface area contributed by atoms with Gasteiger partial charge < -0.3 is 9.47 Å². The van der Waals surface area contributed by atoms with Crippen molar-refractivity contribution in [2.75, 3.05) is 18.5 Å². The molecule has 0 saturated heterocycles. The first kappa shape index (κ1) is 17.6. The van der Waals surface area contributed by atoms with Crippen molar-refractivity contribution in [1.29, 1.82) is 0 Å². The number of hydrogen-bond acceptors (Lipinski definition) is 4. The third-order valence-electron chi connectivity index (χ3n) is 4.50. The number of para-hydroxylation sites is 2. The molecule has 0 N–H and O–H groups in total. The number of hydrogen-bond donors (Lipinski definition) is 0. The van der Waals surface area contributed by atoms with Crippen molar-refractivity contribution >= 4 is 15.7 Å². The van der Waals surface area contributed by atoms with Gasteiger partial charge in [0.05, 0.1) is 17.7 Å². The molecule has 0 radical (unpaired) electrons. The molecule has 2 aromatic rings. The van der Waals surface area contributed by atoms with Gasteiger partial charge in [0.2, 0.25) is 0 Å². The lowest BCUT2D eigenvalue weighted by Crippen LogP contribution is -2.33. The number of benzene rings is 2. The molecule has 0 atom stereocenters. The predicted molar refractivity (Wildman–Crippen MR) is 98.1 cm³/mol. The largest absolute Gasteiger partial charge is 0.495 e. The summed E-state index contributed by atoms with van der Waals surface area (Å²) < 4.78 is 38.6. The van der Waals surface area contributed by atoms with Gasteiger partial charge in [0.25, 0.3) is 10.0 Å². The van der Waals surface area contributed by atoms with Crippen LogP contribution in [0.3, 0.4) is 0 Å². The molecule has 0 aliphatic carbocycles. The first-order chi connectivity index (χ1) is 11.7. The van der Waals surface area contributed by atoms with Gasteiger partial charge in [0.15, 0.2) is 0 Å². The zero-order valence-corrected chi connectivity index (χ0v) is 15.8. The van der Waals surface area contributed by atoms with Crippen molar-refractivity contribution in [3.8, 4) is 11.5 Å². The molecule has 6 heteroatoms. The maximum Gasteiger partial charge on any atom is 0.264 e. The summed E-state index contributed by atoms with van der Waals surface area (Å²) >= 11 is 0. The Hall–Kier alpha value is -2.21. The Bertz CT molecular complexity index is 890. The fourth-order valence-corrected chi connectivity index (χ4v) is 4.23. The molecule has 1 heterocycles. The number of aryl methyl sites for hydroxylation is 1. The zero-order chi connectivity index (χ0) is 18.2. The van der Waals surface area contributed by atoms with Crippen molar-refractivity contribution < 1.29 is 17.9 Å². The average molecular weight is 361 g/mol. The normalized spacial score (nSPS) is 15.8. The van der Waals surface area contributed by atoms with Gasteiger partial charge in [0.1, 0.15) is 17.1 Å². The van der Waals surface area contributed by atoms with E-state index in [0.717, 1.165) is 24.2 Å². The monoisotopic (exact) mass is 361 g/mol. The van der Waals surface area contributed by atoms with Crippen molar-refractivity contribution in [2.24, 2.45) is 0 Å². The summed E-state index contributed by atoms with van der Waals surface area (Å²) in [7, 11) is -0.630. The smallest absolute Gasteiger partial charge is 0.264 e. The third kappa shape index (κ3) is 3.31. The molecule has 0 aromatic heterocycles. The highest BCUT2D eigenvalue weighted by Gasteiger charge is 2.29. The average Bonchev–Trinajstić information content (AvgIpc) is 2.59. The summed E-state index contributed by atoms with van der Waals surface area (Å²) in [5, 5.41) is 0. The van der Waals surface area contributed by atoms with E-state index >= 15 is 0 Å². The Morgan fingerprint density at radius 2 is 1.88 bits per heavy atom. The Morgan fingerprint density at radius 1 is 1.16 bits per heavy atom. The van der Waals surface area contributed by atoms with E-state index in [-0.39, 0.29) is 10.5 Å². The maximum absolute atomic E-state index is 13.0. The first-order valence-electron chi connectivity index (χ1n) is 8.18. The van der Waals surface area contributed by atoms with Crippen LogP contribution in [0.5, 0.6) is 11.5 Å².